The van der Waals surface area contributed by atoms with Crippen molar-refractivity contribution in [3.05, 3.63) is 76.4 Å². The molecule has 2 aromatic carbocycles. The van der Waals surface area contributed by atoms with E-state index in [9.17, 15) is 9.59 Å². The molecule has 0 bridgehead atoms. The highest BCUT2D eigenvalue weighted by Crippen LogP contribution is 2.21. The third kappa shape index (κ3) is 6.29. The Kier molecular flexibility index (Phi) is 7.61. The van der Waals surface area contributed by atoms with Crippen molar-refractivity contribution in [3.63, 3.8) is 0 Å². The fourth-order valence-electron chi connectivity index (χ4n) is 2.84. The smallest absolute Gasteiger partial charge is 0.258 e. The van der Waals surface area contributed by atoms with Crippen molar-refractivity contribution in [1.29, 1.82) is 0 Å². The Morgan fingerprint density at radius 3 is 2.58 bits per heavy atom. The molecule has 0 atom stereocenters. The molecule has 1 aromatic heterocycles. The van der Waals surface area contributed by atoms with Crippen molar-refractivity contribution >= 4 is 23.4 Å². The van der Waals surface area contributed by atoms with Crippen molar-refractivity contribution in [2.75, 3.05) is 13.1 Å². The monoisotopic (exact) mass is 442 g/mol. The van der Waals surface area contributed by atoms with E-state index in [-0.39, 0.29) is 25.0 Å². The summed E-state index contributed by atoms with van der Waals surface area (Å²) in [5.74, 6) is 0.642. The van der Waals surface area contributed by atoms with E-state index in [1.54, 1.807) is 43.3 Å². The first-order valence-electron chi connectivity index (χ1n) is 9.77. The summed E-state index contributed by atoms with van der Waals surface area (Å²) in [7, 11) is 0. The molecule has 0 aliphatic heterocycles. The van der Waals surface area contributed by atoms with Gasteiger partial charge < -0.3 is 19.5 Å². The Balaban J connectivity index is 1.61. The molecule has 2 amide bonds. The number of hydrogen-bond donors (Lipinski definition) is 1. The molecular formula is C22H23ClN4O4. The molecule has 0 radical (unpaired) electrons. The van der Waals surface area contributed by atoms with Crippen molar-refractivity contribution in [2.45, 2.75) is 27.0 Å². The fraction of sp³-hybridized carbons (Fsp3) is 0.273. The van der Waals surface area contributed by atoms with E-state index in [1.807, 2.05) is 19.1 Å². The molecule has 0 fully saturated rings. The number of carbonyl (C=O) groups excluding carboxylic acids is 2. The summed E-state index contributed by atoms with van der Waals surface area (Å²) in [6, 6.07) is 14.1. The lowest BCUT2D eigenvalue weighted by Gasteiger charge is -2.21. The Morgan fingerprint density at radius 1 is 1.16 bits per heavy atom. The summed E-state index contributed by atoms with van der Waals surface area (Å²) < 4.78 is 10.7. The predicted molar refractivity (Wildman–Crippen MR) is 115 cm³/mol. The summed E-state index contributed by atoms with van der Waals surface area (Å²) in [6.07, 6.45) is 0. The highest BCUT2D eigenvalue weighted by molar-refractivity contribution is 6.30. The molecule has 8 nitrogen and oxygen atoms in total. The summed E-state index contributed by atoms with van der Waals surface area (Å²) in [4.78, 5) is 31.0. The van der Waals surface area contributed by atoms with Crippen LogP contribution < -0.4 is 10.1 Å². The van der Waals surface area contributed by atoms with Gasteiger partial charge in [-0.25, -0.2) is 0 Å². The Labute approximate surface area is 185 Å². The number of aromatic nitrogens is 2. The van der Waals surface area contributed by atoms with Gasteiger partial charge in [-0.2, -0.15) is 4.98 Å². The number of benzene rings is 2. The van der Waals surface area contributed by atoms with Crippen LogP contribution in [0.5, 0.6) is 5.75 Å². The Morgan fingerprint density at radius 2 is 1.90 bits per heavy atom. The maximum Gasteiger partial charge on any atom is 0.258 e. The quantitative estimate of drug-likeness (QED) is 0.545. The Hall–Kier alpha value is -3.39. The van der Waals surface area contributed by atoms with Crippen molar-refractivity contribution in [3.8, 4) is 5.75 Å². The molecule has 0 aliphatic rings. The molecule has 0 saturated carbocycles. The number of ether oxygens (including phenoxy) is 1. The second kappa shape index (κ2) is 10.6. The molecule has 3 aromatic rings. The second-order valence-corrected chi connectivity index (χ2v) is 7.17. The van der Waals surface area contributed by atoms with E-state index < -0.39 is 0 Å². The van der Waals surface area contributed by atoms with Gasteiger partial charge in [-0.1, -0.05) is 41.0 Å². The normalized spacial score (nSPS) is 10.5. The molecule has 0 unspecified atom stereocenters. The van der Waals surface area contributed by atoms with Gasteiger partial charge >= 0.3 is 0 Å². The van der Waals surface area contributed by atoms with Gasteiger partial charge in [0.2, 0.25) is 17.6 Å². The molecule has 0 spiro atoms. The maximum atomic E-state index is 13.1. The zero-order valence-corrected chi connectivity index (χ0v) is 18.1. The van der Waals surface area contributed by atoms with E-state index >= 15 is 0 Å². The van der Waals surface area contributed by atoms with E-state index in [2.05, 4.69) is 15.5 Å². The SMILES string of the molecule is CCN(CC(=O)NCc1ccc(Cl)cc1)C(=O)c1ccccc1OCc1noc(C)n1. The van der Waals surface area contributed by atoms with Crippen LogP contribution >= 0.6 is 11.6 Å². The average molecular weight is 443 g/mol. The van der Waals surface area contributed by atoms with Gasteiger partial charge in [-0.3, -0.25) is 9.59 Å². The van der Waals surface area contributed by atoms with Crippen LogP contribution in [0.25, 0.3) is 0 Å². The molecule has 162 valence electrons. The van der Waals surface area contributed by atoms with Crippen LogP contribution in [0.15, 0.2) is 53.1 Å². The molecule has 3 rings (SSSR count). The first kappa shape index (κ1) is 22.3. The van der Waals surface area contributed by atoms with Crippen molar-refractivity contribution in [2.24, 2.45) is 0 Å². The van der Waals surface area contributed by atoms with Crippen LogP contribution in [-0.2, 0) is 17.9 Å². The Bertz CT molecular complexity index is 1040. The molecular weight excluding hydrogens is 420 g/mol. The lowest BCUT2D eigenvalue weighted by Crippen LogP contribution is -2.40. The molecule has 31 heavy (non-hydrogen) atoms. The molecule has 1 heterocycles. The molecule has 1 N–H and O–H groups in total. The fourth-order valence-corrected chi connectivity index (χ4v) is 2.97. The van der Waals surface area contributed by atoms with E-state index in [4.69, 9.17) is 20.9 Å². The number of nitrogens with zero attached hydrogens (tertiary/aromatic N) is 3. The summed E-state index contributed by atoms with van der Waals surface area (Å²) in [5, 5.41) is 7.23. The van der Waals surface area contributed by atoms with E-state index in [0.29, 0.717) is 41.1 Å². The second-order valence-electron chi connectivity index (χ2n) is 6.74. The van der Waals surface area contributed by atoms with Crippen LogP contribution in [0.2, 0.25) is 5.02 Å². The minimum atomic E-state index is -0.302. The van der Waals surface area contributed by atoms with Crippen LogP contribution in [0.1, 0.15) is 34.6 Å². The zero-order valence-electron chi connectivity index (χ0n) is 17.3. The molecule has 0 saturated heterocycles. The summed E-state index contributed by atoms with van der Waals surface area (Å²) in [5.41, 5.74) is 1.28. The number of para-hydroxylation sites is 1. The number of halogens is 1. The lowest BCUT2D eigenvalue weighted by molar-refractivity contribution is -0.121. The molecule has 0 aliphatic carbocycles. The van der Waals surface area contributed by atoms with Crippen LogP contribution in [0.4, 0.5) is 0 Å². The number of amides is 2. The summed E-state index contributed by atoms with van der Waals surface area (Å²) >= 11 is 5.87. The number of rotatable bonds is 9. The molecule has 9 heteroatoms. The zero-order chi connectivity index (χ0) is 22.2. The van der Waals surface area contributed by atoms with Gasteiger partial charge in [0.25, 0.3) is 5.91 Å². The van der Waals surface area contributed by atoms with Crippen LogP contribution in [-0.4, -0.2) is 39.9 Å². The topological polar surface area (TPSA) is 97.6 Å². The number of carbonyl (C=O) groups is 2. The van der Waals surface area contributed by atoms with Crippen LogP contribution in [0.3, 0.4) is 0 Å². The van der Waals surface area contributed by atoms with Gasteiger partial charge in [0.15, 0.2) is 6.61 Å². The van der Waals surface area contributed by atoms with Crippen molar-refractivity contribution in [1.82, 2.24) is 20.4 Å². The van der Waals surface area contributed by atoms with Gasteiger partial charge in [-0.05, 0) is 36.8 Å². The minimum Gasteiger partial charge on any atom is -0.485 e. The van der Waals surface area contributed by atoms with E-state index in [0.717, 1.165) is 5.56 Å². The largest absolute Gasteiger partial charge is 0.485 e. The number of hydrogen-bond acceptors (Lipinski definition) is 6. The van der Waals surface area contributed by atoms with Crippen LogP contribution in [0, 0.1) is 6.92 Å². The first-order chi connectivity index (χ1) is 15.0. The number of aryl methyl sites for hydroxylation is 1. The minimum absolute atomic E-state index is 0.0648. The summed E-state index contributed by atoms with van der Waals surface area (Å²) in [6.45, 7) is 4.22. The highest BCUT2D eigenvalue weighted by Gasteiger charge is 2.21. The average Bonchev–Trinajstić information content (AvgIpc) is 3.20. The van der Waals surface area contributed by atoms with E-state index in [1.165, 1.54) is 4.90 Å². The number of likely N-dealkylation sites (N-methyl/N-ethyl adjacent to an activating group) is 1. The van der Waals surface area contributed by atoms with Gasteiger partial charge in [0, 0.05) is 25.0 Å². The lowest BCUT2D eigenvalue weighted by atomic mass is 10.1. The van der Waals surface area contributed by atoms with Gasteiger partial charge in [-0.15, -0.1) is 0 Å². The van der Waals surface area contributed by atoms with Gasteiger partial charge in [0.1, 0.15) is 5.75 Å². The number of nitrogens with one attached hydrogen (secondary N) is 1. The predicted octanol–water partition coefficient (Wildman–Crippen LogP) is 3.39. The first-order valence-corrected chi connectivity index (χ1v) is 10.2. The third-order valence-corrected chi connectivity index (χ3v) is 4.70. The standard InChI is InChI=1S/C22H23ClN4O4/c1-3-27(13-21(28)24-12-16-8-10-17(23)11-9-16)22(29)18-6-4-5-7-19(18)30-14-20-25-15(2)31-26-20/h4-11H,3,12-14H2,1-2H3,(H,24,28). The maximum absolute atomic E-state index is 13.1. The third-order valence-electron chi connectivity index (χ3n) is 4.45. The highest BCUT2D eigenvalue weighted by atomic mass is 35.5. The van der Waals surface area contributed by atoms with Gasteiger partial charge in [0.05, 0.1) is 12.1 Å². The van der Waals surface area contributed by atoms with Crippen molar-refractivity contribution < 1.29 is 18.8 Å².